The Morgan fingerprint density at radius 2 is 2.27 bits per heavy atom. The first-order chi connectivity index (χ1) is 7.24. The quantitative estimate of drug-likeness (QED) is 0.773. The lowest BCUT2D eigenvalue weighted by molar-refractivity contribution is 0.100. The van der Waals surface area contributed by atoms with Gasteiger partial charge in [0.15, 0.2) is 0 Å². The molecule has 0 bridgehead atoms. The molecule has 2 aromatic rings. The molecule has 1 saturated carbocycles. The van der Waals surface area contributed by atoms with E-state index in [0.29, 0.717) is 11.5 Å². The summed E-state index contributed by atoms with van der Waals surface area (Å²) in [5.41, 5.74) is 7.53. The number of carbonyl (C=O) groups is 1. The molecule has 76 valence electrons. The fourth-order valence-electron chi connectivity index (χ4n) is 1.73. The zero-order valence-corrected chi connectivity index (χ0v) is 8.16. The number of nitrogens with zero attached hydrogens (tertiary/aromatic N) is 1. The van der Waals surface area contributed by atoms with Crippen molar-refractivity contribution in [3.63, 3.8) is 0 Å². The van der Waals surface area contributed by atoms with Crippen molar-refractivity contribution in [2.75, 3.05) is 0 Å². The number of aromatic amines is 1. The van der Waals surface area contributed by atoms with Crippen LogP contribution in [0, 0.1) is 0 Å². The molecule has 0 spiro atoms. The summed E-state index contributed by atoms with van der Waals surface area (Å²) in [6.07, 6.45) is 2.42. The SMILES string of the molecule is NC(=O)c1ccc2nc(C3CC3)[nH]c2c1. The van der Waals surface area contributed by atoms with Gasteiger partial charge in [-0.3, -0.25) is 4.79 Å². The van der Waals surface area contributed by atoms with E-state index >= 15 is 0 Å². The van der Waals surface area contributed by atoms with Crippen LogP contribution < -0.4 is 5.73 Å². The summed E-state index contributed by atoms with van der Waals surface area (Å²) >= 11 is 0. The molecular formula is C11H11N3O. The fourth-order valence-corrected chi connectivity index (χ4v) is 1.73. The van der Waals surface area contributed by atoms with Gasteiger partial charge in [0.2, 0.25) is 5.91 Å². The number of amides is 1. The second-order valence-corrected chi connectivity index (χ2v) is 3.99. The monoisotopic (exact) mass is 201 g/mol. The van der Waals surface area contributed by atoms with E-state index in [-0.39, 0.29) is 0 Å². The van der Waals surface area contributed by atoms with E-state index in [9.17, 15) is 4.79 Å². The van der Waals surface area contributed by atoms with Crippen LogP contribution in [0.15, 0.2) is 18.2 Å². The summed E-state index contributed by atoms with van der Waals surface area (Å²) in [6.45, 7) is 0. The molecule has 1 aliphatic rings. The first-order valence-corrected chi connectivity index (χ1v) is 5.03. The first-order valence-electron chi connectivity index (χ1n) is 5.03. The number of hydrogen-bond acceptors (Lipinski definition) is 2. The van der Waals surface area contributed by atoms with Gasteiger partial charge in [0.25, 0.3) is 0 Å². The molecule has 1 aromatic heterocycles. The number of nitrogens with one attached hydrogen (secondary N) is 1. The number of fused-ring (bicyclic) bond motifs is 1. The van der Waals surface area contributed by atoms with Gasteiger partial charge in [0, 0.05) is 11.5 Å². The highest BCUT2D eigenvalue weighted by Gasteiger charge is 2.26. The molecule has 0 unspecified atom stereocenters. The number of carbonyl (C=O) groups excluding carboxylic acids is 1. The highest BCUT2D eigenvalue weighted by Crippen LogP contribution is 2.38. The van der Waals surface area contributed by atoms with Crippen LogP contribution in [0.2, 0.25) is 0 Å². The Balaban J connectivity index is 2.13. The molecule has 1 aromatic carbocycles. The molecule has 0 radical (unpaired) electrons. The van der Waals surface area contributed by atoms with E-state index in [1.165, 1.54) is 12.8 Å². The van der Waals surface area contributed by atoms with Gasteiger partial charge in [-0.25, -0.2) is 4.98 Å². The Kier molecular flexibility index (Phi) is 1.59. The predicted octanol–water partition coefficient (Wildman–Crippen LogP) is 1.54. The van der Waals surface area contributed by atoms with Crippen LogP contribution >= 0.6 is 0 Å². The van der Waals surface area contributed by atoms with Crippen molar-refractivity contribution in [1.29, 1.82) is 0 Å². The van der Waals surface area contributed by atoms with Gasteiger partial charge < -0.3 is 10.7 Å². The average molecular weight is 201 g/mol. The third-order valence-electron chi connectivity index (χ3n) is 2.75. The number of H-pyrrole nitrogens is 1. The summed E-state index contributed by atoms with van der Waals surface area (Å²) in [7, 11) is 0. The van der Waals surface area contributed by atoms with E-state index in [1.807, 2.05) is 6.07 Å². The topological polar surface area (TPSA) is 71.8 Å². The van der Waals surface area contributed by atoms with E-state index in [4.69, 9.17) is 5.73 Å². The molecule has 1 heterocycles. The lowest BCUT2D eigenvalue weighted by Crippen LogP contribution is -2.10. The lowest BCUT2D eigenvalue weighted by atomic mass is 10.2. The van der Waals surface area contributed by atoms with Gasteiger partial charge in [-0.1, -0.05) is 0 Å². The second-order valence-electron chi connectivity index (χ2n) is 3.99. The fraction of sp³-hybridized carbons (Fsp3) is 0.273. The average Bonchev–Trinajstić information content (AvgIpc) is 2.97. The van der Waals surface area contributed by atoms with Crippen molar-refractivity contribution in [2.45, 2.75) is 18.8 Å². The van der Waals surface area contributed by atoms with Crippen molar-refractivity contribution < 1.29 is 4.79 Å². The number of imidazole rings is 1. The molecule has 3 N–H and O–H groups in total. The van der Waals surface area contributed by atoms with Crippen LogP contribution in [0.25, 0.3) is 11.0 Å². The molecule has 3 rings (SSSR count). The van der Waals surface area contributed by atoms with Gasteiger partial charge in [0.05, 0.1) is 11.0 Å². The zero-order valence-electron chi connectivity index (χ0n) is 8.16. The normalized spacial score (nSPS) is 15.7. The Hall–Kier alpha value is -1.84. The summed E-state index contributed by atoms with van der Waals surface area (Å²) in [6, 6.07) is 5.30. The summed E-state index contributed by atoms with van der Waals surface area (Å²) in [5, 5.41) is 0. The zero-order chi connectivity index (χ0) is 10.4. The molecule has 0 aliphatic heterocycles. The van der Waals surface area contributed by atoms with Gasteiger partial charge in [-0.15, -0.1) is 0 Å². The maximum atomic E-state index is 11.0. The molecule has 1 fully saturated rings. The minimum absolute atomic E-state index is 0.403. The highest BCUT2D eigenvalue weighted by molar-refractivity contribution is 5.96. The molecule has 0 saturated heterocycles. The number of hydrogen-bond donors (Lipinski definition) is 2. The number of primary amides is 1. The Labute approximate surface area is 86.5 Å². The summed E-state index contributed by atoms with van der Waals surface area (Å²) in [5.74, 6) is 1.22. The van der Waals surface area contributed by atoms with Gasteiger partial charge in [0.1, 0.15) is 5.82 Å². The largest absolute Gasteiger partial charge is 0.366 e. The van der Waals surface area contributed by atoms with Crippen molar-refractivity contribution in [3.05, 3.63) is 29.6 Å². The number of nitrogens with two attached hydrogens (primary N) is 1. The molecule has 1 amide bonds. The van der Waals surface area contributed by atoms with Crippen LogP contribution in [0.1, 0.15) is 34.9 Å². The van der Waals surface area contributed by atoms with E-state index in [1.54, 1.807) is 12.1 Å². The molecule has 15 heavy (non-hydrogen) atoms. The third-order valence-corrected chi connectivity index (χ3v) is 2.75. The standard InChI is InChI=1S/C11H11N3O/c12-10(15)7-3-4-8-9(5-7)14-11(13-8)6-1-2-6/h3-6H,1-2H2,(H2,12,15)(H,13,14). The Morgan fingerprint density at radius 1 is 1.47 bits per heavy atom. The Morgan fingerprint density at radius 3 is 2.93 bits per heavy atom. The van der Waals surface area contributed by atoms with Crippen molar-refractivity contribution in [2.24, 2.45) is 5.73 Å². The predicted molar refractivity (Wildman–Crippen MR) is 56.6 cm³/mol. The number of benzene rings is 1. The maximum Gasteiger partial charge on any atom is 0.248 e. The molecule has 4 heteroatoms. The lowest BCUT2D eigenvalue weighted by Gasteiger charge is -1.93. The van der Waals surface area contributed by atoms with E-state index in [2.05, 4.69) is 9.97 Å². The maximum absolute atomic E-state index is 11.0. The Bertz CT molecular complexity index is 540. The van der Waals surface area contributed by atoms with Gasteiger partial charge in [-0.2, -0.15) is 0 Å². The van der Waals surface area contributed by atoms with Crippen LogP contribution in [-0.2, 0) is 0 Å². The number of aromatic nitrogens is 2. The first kappa shape index (κ1) is 8.47. The van der Waals surface area contributed by atoms with Crippen molar-refractivity contribution in [1.82, 2.24) is 9.97 Å². The smallest absolute Gasteiger partial charge is 0.248 e. The van der Waals surface area contributed by atoms with Crippen LogP contribution in [-0.4, -0.2) is 15.9 Å². The van der Waals surface area contributed by atoms with E-state index < -0.39 is 5.91 Å². The van der Waals surface area contributed by atoms with Gasteiger partial charge >= 0.3 is 0 Å². The molecule has 0 atom stereocenters. The molecular weight excluding hydrogens is 190 g/mol. The van der Waals surface area contributed by atoms with Crippen LogP contribution in [0.5, 0.6) is 0 Å². The number of rotatable bonds is 2. The van der Waals surface area contributed by atoms with Crippen molar-refractivity contribution in [3.8, 4) is 0 Å². The minimum Gasteiger partial charge on any atom is -0.366 e. The summed E-state index contributed by atoms with van der Waals surface area (Å²) in [4.78, 5) is 18.7. The third kappa shape index (κ3) is 1.38. The molecule has 4 nitrogen and oxygen atoms in total. The second kappa shape index (κ2) is 2.82. The van der Waals surface area contributed by atoms with Crippen LogP contribution in [0.3, 0.4) is 0 Å². The van der Waals surface area contributed by atoms with E-state index in [0.717, 1.165) is 16.9 Å². The highest BCUT2D eigenvalue weighted by atomic mass is 16.1. The van der Waals surface area contributed by atoms with Crippen molar-refractivity contribution >= 4 is 16.9 Å². The summed E-state index contributed by atoms with van der Waals surface area (Å²) < 4.78 is 0. The molecule has 1 aliphatic carbocycles. The minimum atomic E-state index is -0.403. The van der Waals surface area contributed by atoms with Crippen LogP contribution in [0.4, 0.5) is 0 Å². The van der Waals surface area contributed by atoms with Gasteiger partial charge in [-0.05, 0) is 31.0 Å².